The highest BCUT2D eigenvalue weighted by Gasteiger charge is 2.21. The molecule has 0 spiro atoms. The maximum absolute atomic E-state index is 12.5. The average Bonchev–Trinajstić information content (AvgIpc) is 2.83. The Morgan fingerprint density at radius 2 is 2.09 bits per heavy atom. The number of hydrogen-bond donors (Lipinski definition) is 0. The molecule has 0 unspecified atom stereocenters. The fourth-order valence-corrected chi connectivity index (χ4v) is 2.60. The van der Waals surface area contributed by atoms with E-state index >= 15 is 0 Å². The molecule has 0 aliphatic heterocycles. The van der Waals surface area contributed by atoms with Gasteiger partial charge in [0.05, 0.1) is 7.11 Å². The summed E-state index contributed by atoms with van der Waals surface area (Å²) in [6.45, 7) is 2.34. The Kier molecular flexibility index (Phi) is 5.24. The topological polar surface area (TPSA) is 59.8 Å². The molecule has 0 bridgehead atoms. The molecule has 2 rings (SSSR count). The molecule has 5 nitrogen and oxygen atoms in total. The minimum Gasteiger partial charge on any atom is -0.469 e. The Balaban J connectivity index is 2.12. The predicted octanol–water partition coefficient (Wildman–Crippen LogP) is 3.53. The molecule has 1 heterocycles. The van der Waals surface area contributed by atoms with Gasteiger partial charge in [0.1, 0.15) is 5.58 Å². The van der Waals surface area contributed by atoms with Crippen LogP contribution < -0.4 is 0 Å². The second-order valence-electron chi connectivity index (χ2n) is 5.10. The minimum atomic E-state index is -0.273. The number of halogens is 1. The van der Waals surface area contributed by atoms with Gasteiger partial charge in [0.15, 0.2) is 5.76 Å². The fourth-order valence-electron chi connectivity index (χ4n) is 2.23. The van der Waals surface area contributed by atoms with E-state index in [1.807, 2.05) is 25.1 Å². The zero-order chi connectivity index (χ0) is 16.3. The van der Waals surface area contributed by atoms with E-state index in [2.05, 4.69) is 20.7 Å². The van der Waals surface area contributed by atoms with Crippen molar-refractivity contribution in [1.29, 1.82) is 0 Å². The first kappa shape index (κ1) is 16.5. The summed E-state index contributed by atoms with van der Waals surface area (Å²) in [7, 11) is 3.05. The Hall–Kier alpha value is -1.82. The molecule has 6 heteroatoms. The first-order chi connectivity index (χ1) is 10.4. The number of hydrogen-bond acceptors (Lipinski definition) is 4. The molecule has 22 heavy (non-hydrogen) atoms. The van der Waals surface area contributed by atoms with Crippen molar-refractivity contribution < 1.29 is 18.7 Å². The number of aryl methyl sites for hydroxylation is 1. The van der Waals surface area contributed by atoms with E-state index < -0.39 is 0 Å². The number of rotatable bonds is 5. The molecule has 0 aliphatic rings. The number of benzene rings is 1. The Bertz CT molecular complexity index is 707. The molecule has 0 aliphatic carbocycles. The number of amides is 1. The van der Waals surface area contributed by atoms with Crippen molar-refractivity contribution in [3.05, 3.63) is 34.0 Å². The lowest BCUT2D eigenvalue weighted by atomic mass is 10.1. The first-order valence-corrected chi connectivity index (χ1v) is 7.74. The lowest BCUT2D eigenvalue weighted by Gasteiger charge is -2.15. The highest BCUT2D eigenvalue weighted by molar-refractivity contribution is 9.10. The third-order valence-corrected chi connectivity index (χ3v) is 4.03. The Labute approximate surface area is 137 Å². The molecule has 0 atom stereocenters. The molecule has 118 valence electrons. The highest BCUT2D eigenvalue weighted by Crippen LogP contribution is 2.28. The van der Waals surface area contributed by atoms with E-state index in [1.165, 1.54) is 7.11 Å². The summed E-state index contributed by atoms with van der Waals surface area (Å²) >= 11 is 3.42. The Morgan fingerprint density at radius 3 is 2.77 bits per heavy atom. The molecule has 1 aromatic carbocycles. The van der Waals surface area contributed by atoms with Crippen LogP contribution in [0.1, 0.15) is 29.0 Å². The maximum Gasteiger partial charge on any atom is 0.305 e. The largest absolute Gasteiger partial charge is 0.469 e. The number of nitrogens with zero attached hydrogens (tertiary/aromatic N) is 1. The average molecular weight is 368 g/mol. The van der Waals surface area contributed by atoms with Gasteiger partial charge in [-0.2, -0.15) is 0 Å². The summed E-state index contributed by atoms with van der Waals surface area (Å²) in [6.07, 6.45) is 0.847. The molecule has 0 radical (unpaired) electrons. The summed E-state index contributed by atoms with van der Waals surface area (Å²) in [5, 5.41) is 0.917. The van der Waals surface area contributed by atoms with E-state index in [4.69, 9.17) is 4.42 Å². The number of furan rings is 1. The van der Waals surface area contributed by atoms with Crippen molar-refractivity contribution in [2.45, 2.75) is 19.8 Å². The predicted molar refractivity (Wildman–Crippen MR) is 86.9 cm³/mol. The van der Waals surface area contributed by atoms with Gasteiger partial charge in [-0.3, -0.25) is 9.59 Å². The van der Waals surface area contributed by atoms with Gasteiger partial charge in [-0.25, -0.2) is 0 Å². The third-order valence-electron chi connectivity index (χ3n) is 3.54. The van der Waals surface area contributed by atoms with Crippen molar-refractivity contribution in [3.8, 4) is 0 Å². The van der Waals surface area contributed by atoms with E-state index in [1.54, 1.807) is 11.9 Å². The van der Waals surface area contributed by atoms with Crippen LogP contribution in [0, 0.1) is 6.92 Å². The fraction of sp³-hybridized carbons (Fsp3) is 0.375. The van der Waals surface area contributed by atoms with Gasteiger partial charge in [-0.05, 0) is 31.5 Å². The second kappa shape index (κ2) is 6.96. The number of carbonyl (C=O) groups is 2. The number of carbonyl (C=O) groups excluding carboxylic acids is 2. The smallest absolute Gasteiger partial charge is 0.305 e. The lowest BCUT2D eigenvalue weighted by Crippen LogP contribution is -2.28. The lowest BCUT2D eigenvalue weighted by molar-refractivity contribution is -0.140. The summed E-state index contributed by atoms with van der Waals surface area (Å²) in [4.78, 5) is 25.1. The normalized spacial score (nSPS) is 10.7. The molecule has 1 aromatic heterocycles. The van der Waals surface area contributed by atoms with E-state index in [0.29, 0.717) is 30.7 Å². The molecular formula is C16H18BrNO4. The van der Waals surface area contributed by atoms with E-state index in [9.17, 15) is 9.59 Å². The van der Waals surface area contributed by atoms with Gasteiger partial charge >= 0.3 is 5.97 Å². The van der Waals surface area contributed by atoms with E-state index in [-0.39, 0.29) is 11.9 Å². The third kappa shape index (κ3) is 3.50. The molecule has 0 saturated carbocycles. The highest BCUT2D eigenvalue weighted by atomic mass is 79.9. The monoisotopic (exact) mass is 367 g/mol. The summed E-state index contributed by atoms with van der Waals surface area (Å²) < 4.78 is 11.2. The Morgan fingerprint density at radius 1 is 1.36 bits per heavy atom. The van der Waals surface area contributed by atoms with Crippen LogP contribution in [-0.2, 0) is 9.53 Å². The van der Waals surface area contributed by atoms with Gasteiger partial charge in [0.25, 0.3) is 5.91 Å². The van der Waals surface area contributed by atoms with Crippen molar-refractivity contribution in [2.24, 2.45) is 0 Å². The van der Waals surface area contributed by atoms with E-state index in [0.717, 1.165) is 15.4 Å². The van der Waals surface area contributed by atoms with Gasteiger partial charge in [0, 0.05) is 35.4 Å². The van der Waals surface area contributed by atoms with Crippen LogP contribution in [0.5, 0.6) is 0 Å². The first-order valence-electron chi connectivity index (χ1n) is 6.95. The van der Waals surface area contributed by atoms with Gasteiger partial charge < -0.3 is 14.1 Å². The molecule has 0 N–H and O–H groups in total. The molecule has 2 aromatic rings. The van der Waals surface area contributed by atoms with Crippen LogP contribution in [0.25, 0.3) is 11.0 Å². The molecule has 0 saturated heterocycles. The summed E-state index contributed by atoms with van der Waals surface area (Å²) in [5.74, 6) is -0.117. The SMILES string of the molecule is COC(=O)CCCN(C)C(=O)c1oc2ccc(Br)cc2c1C. The quantitative estimate of drug-likeness (QED) is 0.758. The number of esters is 1. The summed E-state index contributed by atoms with van der Waals surface area (Å²) in [6, 6.07) is 5.64. The van der Waals surface area contributed by atoms with Crippen LogP contribution in [0.4, 0.5) is 0 Å². The van der Waals surface area contributed by atoms with Gasteiger partial charge in [-0.1, -0.05) is 15.9 Å². The standard InChI is InChI=1S/C16H18BrNO4/c1-10-12-9-11(17)6-7-13(12)22-15(10)16(20)18(2)8-4-5-14(19)21-3/h6-7,9H,4-5,8H2,1-3H3. The minimum absolute atomic E-state index is 0.185. The molecular weight excluding hydrogens is 350 g/mol. The second-order valence-corrected chi connectivity index (χ2v) is 6.02. The summed E-state index contributed by atoms with van der Waals surface area (Å²) in [5.41, 5.74) is 1.51. The van der Waals surface area contributed by atoms with Crippen molar-refractivity contribution >= 4 is 38.8 Å². The van der Waals surface area contributed by atoms with Crippen molar-refractivity contribution in [2.75, 3.05) is 20.7 Å². The number of methoxy groups -OCH3 is 1. The van der Waals surface area contributed by atoms with Crippen LogP contribution >= 0.6 is 15.9 Å². The van der Waals surface area contributed by atoms with Crippen LogP contribution in [0.2, 0.25) is 0 Å². The molecule has 1 amide bonds. The van der Waals surface area contributed by atoms with Crippen molar-refractivity contribution in [3.63, 3.8) is 0 Å². The van der Waals surface area contributed by atoms with Crippen LogP contribution in [-0.4, -0.2) is 37.5 Å². The number of ether oxygens (including phenoxy) is 1. The zero-order valence-electron chi connectivity index (χ0n) is 12.8. The number of fused-ring (bicyclic) bond motifs is 1. The zero-order valence-corrected chi connectivity index (χ0v) is 14.4. The van der Waals surface area contributed by atoms with Crippen LogP contribution in [0.15, 0.2) is 27.1 Å². The van der Waals surface area contributed by atoms with Crippen LogP contribution in [0.3, 0.4) is 0 Å². The van der Waals surface area contributed by atoms with Gasteiger partial charge in [-0.15, -0.1) is 0 Å². The van der Waals surface area contributed by atoms with Gasteiger partial charge in [0.2, 0.25) is 0 Å². The molecule has 0 fully saturated rings. The maximum atomic E-state index is 12.5. The van der Waals surface area contributed by atoms with Crippen molar-refractivity contribution in [1.82, 2.24) is 4.90 Å².